The molecule has 0 radical (unpaired) electrons. The van der Waals surface area contributed by atoms with E-state index in [2.05, 4.69) is 4.90 Å². The van der Waals surface area contributed by atoms with E-state index in [-0.39, 0.29) is 5.97 Å². The minimum absolute atomic E-state index is 0.286. The second-order valence-corrected chi connectivity index (χ2v) is 7.48. The number of benzene rings is 2. The average molecular weight is 374 g/mol. The highest BCUT2D eigenvalue weighted by Crippen LogP contribution is 2.42. The largest absolute Gasteiger partial charge is 0.496 e. The lowest BCUT2D eigenvalue weighted by molar-refractivity contribution is -0.0356. The number of fused-ring (bicyclic) bond motifs is 1. The second-order valence-electron chi connectivity index (χ2n) is 7.04. The van der Waals surface area contributed by atoms with Crippen LogP contribution < -0.4 is 4.74 Å². The predicted molar refractivity (Wildman–Crippen MR) is 103 cm³/mol. The van der Waals surface area contributed by atoms with Gasteiger partial charge in [-0.15, -0.1) is 0 Å². The molecule has 0 amide bonds. The van der Waals surface area contributed by atoms with Crippen LogP contribution in [-0.4, -0.2) is 38.6 Å². The summed E-state index contributed by atoms with van der Waals surface area (Å²) in [5.74, 6) is 0.502. The van der Waals surface area contributed by atoms with Crippen molar-refractivity contribution in [3.63, 3.8) is 0 Å². The Labute approximate surface area is 159 Å². The molecule has 26 heavy (non-hydrogen) atoms. The van der Waals surface area contributed by atoms with Crippen molar-refractivity contribution >= 4 is 17.6 Å². The summed E-state index contributed by atoms with van der Waals surface area (Å²) in [6.07, 6.45) is 1.32. The van der Waals surface area contributed by atoms with Crippen LogP contribution in [0.1, 0.15) is 33.5 Å². The van der Waals surface area contributed by atoms with Gasteiger partial charge >= 0.3 is 5.97 Å². The van der Waals surface area contributed by atoms with Gasteiger partial charge in [0.25, 0.3) is 0 Å². The zero-order valence-corrected chi connectivity index (χ0v) is 16.4. The van der Waals surface area contributed by atoms with Gasteiger partial charge in [-0.2, -0.15) is 0 Å². The summed E-state index contributed by atoms with van der Waals surface area (Å²) in [7, 11) is 5.68. The van der Waals surface area contributed by atoms with E-state index in [1.165, 1.54) is 0 Å². The van der Waals surface area contributed by atoms with Crippen LogP contribution in [0, 0.1) is 6.92 Å². The minimum atomic E-state index is -0.712. The zero-order valence-electron chi connectivity index (χ0n) is 15.6. The molecule has 0 N–H and O–H groups in total. The molecule has 1 heterocycles. The van der Waals surface area contributed by atoms with Gasteiger partial charge in [0, 0.05) is 24.4 Å². The molecular weight excluding hydrogens is 350 g/mol. The number of hydrogen-bond donors (Lipinski definition) is 0. The van der Waals surface area contributed by atoms with Crippen LogP contribution in [0.3, 0.4) is 0 Å². The normalized spacial score (nSPS) is 19.2. The number of carbonyl (C=O) groups is 1. The molecule has 3 rings (SSSR count). The van der Waals surface area contributed by atoms with Crippen LogP contribution in [0.4, 0.5) is 0 Å². The van der Waals surface area contributed by atoms with Gasteiger partial charge in [-0.05, 0) is 62.0 Å². The van der Waals surface area contributed by atoms with Crippen molar-refractivity contribution in [2.45, 2.75) is 25.4 Å². The summed E-state index contributed by atoms with van der Waals surface area (Å²) in [5, 5.41) is 0.664. The maximum atomic E-state index is 12.8. The Morgan fingerprint density at radius 1 is 1.19 bits per heavy atom. The Morgan fingerprint density at radius 3 is 2.50 bits per heavy atom. The molecule has 1 aliphatic heterocycles. The fourth-order valence-electron chi connectivity index (χ4n) is 3.53. The lowest BCUT2D eigenvalue weighted by atomic mass is 9.79. The fraction of sp³-hybridized carbons (Fsp3) is 0.381. The SMILES string of the molecule is COc1ccc2c(c1C)C[C@@](CCN(C)C)(c1ccc(Cl)cc1)OC2=O. The van der Waals surface area contributed by atoms with E-state index >= 15 is 0 Å². The van der Waals surface area contributed by atoms with Crippen LogP contribution in [0.15, 0.2) is 36.4 Å². The smallest absolute Gasteiger partial charge is 0.339 e. The third-order valence-electron chi connectivity index (χ3n) is 5.07. The molecule has 0 fully saturated rings. The highest BCUT2D eigenvalue weighted by molar-refractivity contribution is 6.30. The third kappa shape index (κ3) is 3.44. The van der Waals surface area contributed by atoms with Crippen molar-refractivity contribution in [3.05, 3.63) is 63.7 Å². The molecule has 0 aliphatic carbocycles. The Hall–Kier alpha value is -2.04. The predicted octanol–water partition coefficient (Wildman–Crippen LogP) is 4.22. The molecule has 2 aromatic carbocycles. The first-order valence-electron chi connectivity index (χ1n) is 8.67. The van der Waals surface area contributed by atoms with Gasteiger partial charge in [-0.1, -0.05) is 23.7 Å². The molecule has 138 valence electrons. The molecule has 0 bridgehead atoms. The average Bonchev–Trinajstić information content (AvgIpc) is 2.61. The summed E-state index contributed by atoms with van der Waals surface area (Å²) in [4.78, 5) is 14.9. The van der Waals surface area contributed by atoms with Gasteiger partial charge in [-0.3, -0.25) is 0 Å². The Morgan fingerprint density at radius 2 is 1.88 bits per heavy atom. The van der Waals surface area contributed by atoms with E-state index in [9.17, 15) is 4.79 Å². The Kier molecular flexibility index (Phi) is 5.26. The van der Waals surface area contributed by atoms with Gasteiger partial charge in [0.1, 0.15) is 11.4 Å². The summed E-state index contributed by atoms with van der Waals surface area (Å²) < 4.78 is 11.5. The van der Waals surface area contributed by atoms with E-state index in [1.807, 2.05) is 51.4 Å². The van der Waals surface area contributed by atoms with Gasteiger partial charge in [-0.25, -0.2) is 4.79 Å². The number of cyclic esters (lactones) is 1. The summed E-state index contributed by atoms with van der Waals surface area (Å²) in [5.41, 5.74) is 2.86. The number of hydrogen-bond acceptors (Lipinski definition) is 4. The number of ether oxygens (including phenoxy) is 2. The number of nitrogens with zero attached hydrogens (tertiary/aromatic N) is 1. The molecule has 2 aromatic rings. The molecule has 0 unspecified atom stereocenters. The van der Waals surface area contributed by atoms with Crippen LogP contribution >= 0.6 is 11.6 Å². The van der Waals surface area contributed by atoms with Crippen molar-refractivity contribution in [1.82, 2.24) is 4.90 Å². The Balaban J connectivity index is 2.11. The van der Waals surface area contributed by atoms with E-state index in [0.29, 0.717) is 23.4 Å². The van der Waals surface area contributed by atoms with Gasteiger partial charge in [0.2, 0.25) is 0 Å². The summed E-state index contributed by atoms with van der Waals surface area (Å²) in [6, 6.07) is 11.2. The van der Waals surface area contributed by atoms with Crippen molar-refractivity contribution in [3.8, 4) is 5.75 Å². The van der Waals surface area contributed by atoms with Crippen molar-refractivity contribution in [2.24, 2.45) is 0 Å². The molecule has 0 saturated carbocycles. The fourth-order valence-corrected chi connectivity index (χ4v) is 3.66. The van der Waals surface area contributed by atoms with Crippen LogP contribution in [-0.2, 0) is 16.8 Å². The monoisotopic (exact) mass is 373 g/mol. The first-order chi connectivity index (χ1) is 12.4. The highest BCUT2D eigenvalue weighted by Gasteiger charge is 2.42. The van der Waals surface area contributed by atoms with E-state index < -0.39 is 5.60 Å². The maximum Gasteiger partial charge on any atom is 0.339 e. The maximum absolute atomic E-state index is 12.8. The van der Waals surface area contributed by atoms with Gasteiger partial charge < -0.3 is 14.4 Å². The number of carbonyl (C=O) groups excluding carboxylic acids is 1. The van der Waals surface area contributed by atoms with Crippen LogP contribution in [0.25, 0.3) is 0 Å². The number of esters is 1. The first-order valence-corrected chi connectivity index (χ1v) is 9.05. The van der Waals surface area contributed by atoms with Crippen LogP contribution in [0.2, 0.25) is 5.02 Å². The van der Waals surface area contributed by atoms with E-state index in [0.717, 1.165) is 29.0 Å². The minimum Gasteiger partial charge on any atom is -0.496 e. The van der Waals surface area contributed by atoms with Crippen LogP contribution in [0.5, 0.6) is 5.75 Å². The molecule has 0 saturated heterocycles. The molecule has 5 heteroatoms. The van der Waals surface area contributed by atoms with Gasteiger partial charge in [0.15, 0.2) is 0 Å². The second kappa shape index (κ2) is 7.29. The topological polar surface area (TPSA) is 38.8 Å². The zero-order chi connectivity index (χ0) is 18.9. The van der Waals surface area contributed by atoms with Crippen molar-refractivity contribution < 1.29 is 14.3 Å². The summed E-state index contributed by atoms with van der Waals surface area (Å²) >= 11 is 6.07. The summed E-state index contributed by atoms with van der Waals surface area (Å²) in [6.45, 7) is 2.79. The standard InChI is InChI=1S/C21H24ClNO3/c1-14-18-13-21(11-12-23(2)3,15-5-7-16(22)8-6-15)26-20(24)17(18)9-10-19(14)25-4/h5-10H,11-13H2,1-4H3/t21-/m0/s1. The first kappa shape index (κ1) is 18.7. The molecule has 1 aliphatic rings. The quantitative estimate of drug-likeness (QED) is 0.736. The molecule has 0 aromatic heterocycles. The highest BCUT2D eigenvalue weighted by atomic mass is 35.5. The van der Waals surface area contributed by atoms with Crippen molar-refractivity contribution in [2.75, 3.05) is 27.7 Å². The molecule has 4 nitrogen and oxygen atoms in total. The van der Waals surface area contributed by atoms with E-state index in [4.69, 9.17) is 21.1 Å². The lowest BCUT2D eigenvalue weighted by Crippen LogP contribution is -2.41. The number of rotatable bonds is 5. The molecular formula is C21H24ClNO3. The third-order valence-corrected chi connectivity index (χ3v) is 5.32. The number of halogens is 1. The van der Waals surface area contributed by atoms with Gasteiger partial charge in [0.05, 0.1) is 12.7 Å². The Bertz CT molecular complexity index is 817. The molecule has 1 atom stereocenters. The van der Waals surface area contributed by atoms with E-state index in [1.54, 1.807) is 13.2 Å². The van der Waals surface area contributed by atoms with Crippen molar-refractivity contribution in [1.29, 1.82) is 0 Å². The lowest BCUT2D eigenvalue weighted by Gasteiger charge is -2.39. The molecule has 0 spiro atoms. The number of methoxy groups -OCH3 is 1.